The van der Waals surface area contributed by atoms with Crippen LogP contribution in [0.1, 0.15) is 0 Å². The normalized spacial score (nSPS) is 9.95. The van der Waals surface area contributed by atoms with Crippen molar-refractivity contribution in [2.75, 3.05) is 12.0 Å². The van der Waals surface area contributed by atoms with Gasteiger partial charge in [-0.2, -0.15) is 0 Å². The fourth-order valence-corrected chi connectivity index (χ4v) is 1.33. The van der Waals surface area contributed by atoms with Crippen LogP contribution in [0.3, 0.4) is 0 Å². The van der Waals surface area contributed by atoms with E-state index in [-0.39, 0.29) is 5.69 Å². The van der Waals surface area contributed by atoms with E-state index >= 15 is 0 Å². The van der Waals surface area contributed by atoms with E-state index < -0.39 is 23.6 Å². The molecule has 123 valence electrons. The molecule has 0 aromatic heterocycles. The van der Waals surface area contributed by atoms with Gasteiger partial charge in [0.2, 0.25) is 0 Å². The quantitative estimate of drug-likeness (QED) is 0.263. The van der Waals surface area contributed by atoms with Gasteiger partial charge in [0.1, 0.15) is 5.75 Å². The molecule has 0 saturated carbocycles. The van der Waals surface area contributed by atoms with Crippen molar-refractivity contribution in [3.05, 3.63) is 24.3 Å². The van der Waals surface area contributed by atoms with Gasteiger partial charge in [0, 0.05) is 0 Å². The second-order valence-electron chi connectivity index (χ2n) is 3.16. The zero-order valence-corrected chi connectivity index (χ0v) is 17.1. The molecule has 1 aromatic carbocycles. The maximum atomic E-state index is 11.9. The van der Waals surface area contributed by atoms with Crippen LogP contribution in [0.2, 0.25) is 0 Å². The molecule has 0 unspecified atom stereocenters. The first-order chi connectivity index (χ1) is 10.2. The Morgan fingerprint density at radius 1 is 1.23 bits per heavy atom. The van der Waals surface area contributed by atoms with Crippen LogP contribution in [-0.4, -0.2) is 24.9 Å². The third-order valence-electron chi connectivity index (χ3n) is 1.86. The Balaban J connectivity index is 0.00000135. The number of anilines is 1. The van der Waals surface area contributed by atoms with E-state index in [2.05, 4.69) is 49.4 Å². The summed E-state index contributed by atoms with van der Waals surface area (Å²) in [5.41, 5.74) is -0.0543. The number of methoxy groups -OCH3 is 1. The molecule has 0 atom stereocenters. The number of hydrogen-bond acceptors (Lipinski definition) is 4. The van der Waals surface area contributed by atoms with Crippen molar-refractivity contribution in [2.45, 2.75) is 6.36 Å². The van der Waals surface area contributed by atoms with E-state index in [4.69, 9.17) is 11.6 Å². The summed E-state index contributed by atoms with van der Waals surface area (Å²) >= 11 is 9.91. The predicted octanol–water partition coefficient (Wildman–Crippen LogP) is 5.29. The standard InChI is InChI=1S/C10H7ClF3NO4.2HI.V/c1-18-9(17)15(8(11)16)6-2-4-7(5-3-6)19-10(12,13)14;;;/h2-5H,1H3;2*1H;/q;;;+2/p-2. The van der Waals surface area contributed by atoms with Crippen molar-refractivity contribution in [1.82, 2.24) is 0 Å². The molecule has 0 fully saturated rings. The van der Waals surface area contributed by atoms with E-state index in [1.54, 1.807) is 0 Å². The Labute approximate surface area is 157 Å². The first-order valence-corrected chi connectivity index (χ1v) is 14.4. The Hall–Kier alpha value is 0.0844. The number of benzene rings is 1. The van der Waals surface area contributed by atoms with Gasteiger partial charge in [-0.05, 0) is 35.9 Å². The Morgan fingerprint density at radius 3 is 2.00 bits per heavy atom. The van der Waals surface area contributed by atoms with Gasteiger partial charge in [0.15, 0.2) is 0 Å². The van der Waals surface area contributed by atoms with Gasteiger partial charge in [-0.3, -0.25) is 4.79 Å². The monoisotopic (exact) mass is 602 g/mol. The van der Waals surface area contributed by atoms with Crippen LogP contribution in [0.5, 0.6) is 5.75 Å². The van der Waals surface area contributed by atoms with E-state index in [0.717, 1.165) is 31.4 Å². The molecule has 0 aliphatic heterocycles. The second kappa shape index (κ2) is 10.8. The van der Waals surface area contributed by atoms with Gasteiger partial charge in [0.25, 0.3) is 0 Å². The van der Waals surface area contributed by atoms with E-state index in [9.17, 15) is 22.8 Å². The minimum atomic E-state index is -4.83. The van der Waals surface area contributed by atoms with Crippen LogP contribution in [-0.2, 0) is 14.2 Å². The average molecular weight is 602 g/mol. The molecule has 0 N–H and O–H groups in total. The fourth-order valence-electron chi connectivity index (χ4n) is 1.17. The van der Waals surface area contributed by atoms with Crippen LogP contribution in [0.4, 0.5) is 28.4 Å². The van der Waals surface area contributed by atoms with Crippen LogP contribution in [0.15, 0.2) is 24.3 Å². The summed E-state index contributed by atoms with van der Waals surface area (Å²) in [6.45, 7) is 0. The fraction of sp³-hybridized carbons (Fsp3) is 0.200. The molecule has 0 bridgehead atoms. The van der Waals surface area contributed by atoms with E-state index in [1.807, 2.05) is 0 Å². The molecule has 5 nitrogen and oxygen atoms in total. The zero-order valence-electron chi connectivity index (χ0n) is 10.6. The first kappa shape index (κ1) is 22.1. The summed E-state index contributed by atoms with van der Waals surface area (Å²) in [4.78, 5) is 22.7. The van der Waals surface area contributed by atoms with Crippen molar-refractivity contribution in [3.8, 4) is 5.75 Å². The number of imide groups is 1. The molecule has 0 aliphatic carbocycles. The number of carbonyl (C=O) groups is 2. The van der Waals surface area contributed by atoms with Crippen LogP contribution >= 0.6 is 51.6 Å². The SMILES string of the molecule is COC(=O)N(C(=O)Cl)c1ccc(OC(F)(F)F)cc1.[I][V][I]. The molecule has 1 aromatic rings. The van der Waals surface area contributed by atoms with E-state index in [0.29, 0.717) is 14.4 Å². The topological polar surface area (TPSA) is 55.8 Å². The Morgan fingerprint density at radius 2 is 1.68 bits per heavy atom. The maximum absolute atomic E-state index is 11.9. The Bertz CT molecular complexity index is 504. The number of amides is 2. The van der Waals surface area contributed by atoms with Crippen molar-refractivity contribution in [3.63, 3.8) is 0 Å². The molecule has 0 radical (unpaired) electrons. The molecule has 0 aliphatic rings. The predicted molar refractivity (Wildman–Crippen MR) is 87.3 cm³/mol. The summed E-state index contributed by atoms with van der Waals surface area (Å²) in [7, 11) is 1.65. The summed E-state index contributed by atoms with van der Waals surface area (Å²) in [6, 6.07) is 3.97. The molecule has 22 heavy (non-hydrogen) atoms. The number of ether oxygens (including phenoxy) is 2. The molecule has 0 saturated heterocycles. The van der Waals surface area contributed by atoms with E-state index in [1.165, 1.54) is 0 Å². The minimum absolute atomic E-state index is 0.0543. The molecule has 1 rings (SSSR count). The number of halogens is 6. The Kier molecular flexibility index (Phi) is 10.8. The molecule has 0 heterocycles. The van der Waals surface area contributed by atoms with Gasteiger partial charge < -0.3 is 9.47 Å². The molecular weight excluding hydrogens is 595 g/mol. The van der Waals surface area contributed by atoms with Crippen molar-refractivity contribution in [1.29, 1.82) is 0 Å². The van der Waals surface area contributed by atoms with Crippen LogP contribution < -0.4 is 9.64 Å². The first-order valence-electron chi connectivity index (χ1n) is 5.02. The summed E-state index contributed by atoms with van der Waals surface area (Å²) < 4.78 is 43.7. The zero-order chi connectivity index (χ0) is 17.3. The molecule has 0 spiro atoms. The third-order valence-corrected chi connectivity index (χ3v) is 2.03. The van der Waals surface area contributed by atoms with Crippen molar-refractivity contribution >= 4 is 68.7 Å². The number of hydrogen-bond donors (Lipinski definition) is 0. The van der Waals surface area contributed by atoms with Crippen LogP contribution in [0.25, 0.3) is 0 Å². The number of nitrogens with zero attached hydrogens (tertiary/aromatic N) is 1. The van der Waals surface area contributed by atoms with Gasteiger partial charge in [-0.15, -0.1) is 13.2 Å². The molecular formula is C10H7ClF3I2NO4V. The third kappa shape index (κ3) is 8.65. The second-order valence-corrected chi connectivity index (χ2v) is 15.3. The van der Waals surface area contributed by atoms with Gasteiger partial charge in [-0.1, -0.05) is 0 Å². The van der Waals surface area contributed by atoms with Crippen molar-refractivity contribution in [2.24, 2.45) is 0 Å². The van der Waals surface area contributed by atoms with Gasteiger partial charge in [-0.25, -0.2) is 9.69 Å². The number of alkyl halides is 3. The number of carbonyl (C=O) groups excluding carboxylic acids is 2. The molecule has 2 amide bonds. The average Bonchev–Trinajstić information content (AvgIpc) is 2.39. The summed E-state index contributed by atoms with van der Waals surface area (Å²) in [5, 5.41) is -1.16. The summed E-state index contributed by atoms with van der Waals surface area (Å²) in [6.07, 6.45) is -5.89. The van der Waals surface area contributed by atoms with Gasteiger partial charge in [0.05, 0.1) is 12.8 Å². The molecule has 12 heteroatoms. The van der Waals surface area contributed by atoms with Gasteiger partial charge >= 0.3 is 67.2 Å². The van der Waals surface area contributed by atoms with Crippen LogP contribution in [0, 0.1) is 0 Å². The number of rotatable bonds is 2. The van der Waals surface area contributed by atoms with Crippen molar-refractivity contribution < 1.29 is 41.7 Å². The summed E-state index contributed by atoms with van der Waals surface area (Å²) in [5.74, 6) is -0.497.